The van der Waals surface area contributed by atoms with E-state index in [-0.39, 0.29) is 5.41 Å². The van der Waals surface area contributed by atoms with Gasteiger partial charge in [-0.3, -0.25) is 4.58 Å². The maximum atomic E-state index is 10.2. The van der Waals surface area contributed by atoms with E-state index in [4.69, 9.17) is 14.2 Å². The van der Waals surface area contributed by atoms with E-state index in [2.05, 4.69) is 41.5 Å². The van der Waals surface area contributed by atoms with Crippen molar-refractivity contribution in [2.75, 3.05) is 6.61 Å². The summed E-state index contributed by atoms with van der Waals surface area (Å²) in [5, 5.41) is 10.2. The average molecular weight is 319 g/mol. The van der Waals surface area contributed by atoms with Crippen molar-refractivity contribution in [3.05, 3.63) is 0 Å². The van der Waals surface area contributed by atoms with E-state index >= 15 is 0 Å². The Bertz CT molecular complexity index is 309. The average Bonchev–Trinajstić information content (AvgIpc) is 2.82. The molecule has 0 radical (unpaired) electrons. The molecule has 1 saturated heterocycles. The molecular formula is C16H34O4Si. The molecule has 0 amide bonds. The third-order valence-electron chi connectivity index (χ3n) is 5.26. The Morgan fingerprint density at radius 1 is 1.19 bits per heavy atom. The second kappa shape index (κ2) is 7.55. The second-order valence-corrected chi connectivity index (χ2v) is 11.7. The van der Waals surface area contributed by atoms with E-state index in [0.29, 0.717) is 6.61 Å². The summed E-state index contributed by atoms with van der Waals surface area (Å²) in [5.41, 5.74) is -0.621. The van der Waals surface area contributed by atoms with Crippen LogP contribution in [0.1, 0.15) is 60.8 Å². The molecule has 0 bridgehead atoms. The van der Waals surface area contributed by atoms with Crippen molar-refractivity contribution < 1.29 is 19.3 Å². The quantitative estimate of drug-likeness (QED) is 0.392. The first-order chi connectivity index (χ1) is 9.78. The summed E-state index contributed by atoms with van der Waals surface area (Å²) >= 11 is 0. The number of hydrogen-bond acceptors (Lipinski definition) is 4. The summed E-state index contributed by atoms with van der Waals surface area (Å²) in [7, 11) is -1.75. The van der Waals surface area contributed by atoms with Crippen molar-refractivity contribution in [1.82, 2.24) is 0 Å². The molecule has 0 aliphatic carbocycles. The predicted molar refractivity (Wildman–Crippen MR) is 87.4 cm³/mol. The van der Waals surface area contributed by atoms with Gasteiger partial charge in [0.05, 0.1) is 12.2 Å². The highest BCUT2D eigenvalue weighted by Crippen LogP contribution is 2.44. The van der Waals surface area contributed by atoms with Gasteiger partial charge >= 0.3 is 0 Å². The largest absolute Gasteiger partial charge is 0.367 e. The zero-order valence-corrected chi connectivity index (χ0v) is 15.7. The van der Waals surface area contributed by atoms with Gasteiger partial charge in [-0.1, -0.05) is 27.7 Å². The molecule has 1 heterocycles. The maximum Gasteiger partial charge on any atom is 0.238 e. The molecule has 126 valence electrons. The molecule has 1 aliphatic rings. The van der Waals surface area contributed by atoms with Crippen LogP contribution < -0.4 is 0 Å². The van der Waals surface area contributed by atoms with Gasteiger partial charge in [-0.25, -0.2) is 4.89 Å². The molecule has 1 rings (SSSR count). The van der Waals surface area contributed by atoms with E-state index in [1.54, 1.807) is 0 Å². The Morgan fingerprint density at radius 2 is 1.76 bits per heavy atom. The van der Waals surface area contributed by atoms with E-state index in [9.17, 15) is 5.11 Å². The monoisotopic (exact) mass is 318 g/mol. The zero-order chi connectivity index (χ0) is 16.1. The Morgan fingerprint density at radius 3 is 2.14 bits per heavy atom. The minimum Gasteiger partial charge on any atom is -0.367 e. The standard InChI is InChI=1S/C16H34O4Si/c1-7-16(11-12-18-14(16)17)13-15(5,6)19-20-21(8-2,9-3)10-4/h14,17H,7-13H2,1-6H3/t14-,16-/m0/s1. The topological polar surface area (TPSA) is 47.9 Å². The summed E-state index contributed by atoms with van der Waals surface area (Å²) in [6.07, 6.45) is 1.84. The van der Waals surface area contributed by atoms with E-state index in [1.807, 2.05) is 0 Å². The number of rotatable bonds is 9. The molecule has 21 heavy (non-hydrogen) atoms. The summed E-state index contributed by atoms with van der Waals surface area (Å²) < 4.78 is 11.4. The van der Waals surface area contributed by atoms with E-state index < -0.39 is 20.2 Å². The number of aliphatic hydroxyl groups is 1. The first-order valence-corrected chi connectivity index (χ1v) is 11.0. The van der Waals surface area contributed by atoms with Crippen LogP contribution in [0.4, 0.5) is 0 Å². The highest BCUT2D eigenvalue weighted by Gasteiger charge is 2.46. The summed E-state index contributed by atoms with van der Waals surface area (Å²) in [6.45, 7) is 13.4. The lowest BCUT2D eigenvalue weighted by atomic mass is 9.74. The molecule has 0 saturated carbocycles. The number of aliphatic hydroxyl groups excluding tert-OH is 1. The lowest BCUT2D eigenvalue weighted by molar-refractivity contribution is -0.304. The normalized spacial score (nSPS) is 27.3. The van der Waals surface area contributed by atoms with Gasteiger partial charge in [0.15, 0.2) is 6.29 Å². The van der Waals surface area contributed by atoms with Crippen LogP contribution in [0, 0.1) is 5.41 Å². The molecule has 2 atom stereocenters. The molecule has 0 unspecified atom stereocenters. The highest BCUT2D eigenvalue weighted by atomic mass is 28.4. The predicted octanol–water partition coefficient (Wildman–Crippen LogP) is 4.24. The minimum absolute atomic E-state index is 0.207. The van der Waals surface area contributed by atoms with Crippen LogP contribution in [0.2, 0.25) is 18.1 Å². The molecule has 5 heteroatoms. The fraction of sp³-hybridized carbons (Fsp3) is 1.00. The van der Waals surface area contributed by atoms with Crippen molar-refractivity contribution in [3.8, 4) is 0 Å². The Labute approximate surface area is 131 Å². The highest BCUT2D eigenvalue weighted by molar-refractivity contribution is 6.73. The van der Waals surface area contributed by atoms with Crippen molar-refractivity contribution in [1.29, 1.82) is 0 Å². The third-order valence-corrected chi connectivity index (χ3v) is 9.56. The molecular weight excluding hydrogens is 284 g/mol. The second-order valence-electron chi connectivity index (χ2n) is 7.04. The van der Waals surface area contributed by atoms with Crippen LogP contribution in [0.25, 0.3) is 0 Å². The zero-order valence-electron chi connectivity index (χ0n) is 14.7. The summed E-state index contributed by atoms with van der Waals surface area (Å²) in [4.78, 5) is 5.90. The van der Waals surface area contributed by atoms with Crippen LogP contribution in [0.3, 0.4) is 0 Å². The minimum atomic E-state index is -1.75. The van der Waals surface area contributed by atoms with E-state index in [1.165, 1.54) is 0 Å². The van der Waals surface area contributed by atoms with Gasteiger partial charge in [-0.15, -0.1) is 0 Å². The van der Waals surface area contributed by atoms with Gasteiger partial charge in [-0.2, -0.15) is 0 Å². The Hall–Kier alpha value is 0.0569. The summed E-state index contributed by atoms with van der Waals surface area (Å²) in [5.74, 6) is 0. The molecule has 0 aromatic rings. The molecule has 1 N–H and O–H groups in total. The van der Waals surface area contributed by atoms with Crippen LogP contribution in [-0.2, 0) is 14.2 Å². The van der Waals surface area contributed by atoms with Crippen LogP contribution in [0.5, 0.6) is 0 Å². The van der Waals surface area contributed by atoms with Crippen molar-refractivity contribution >= 4 is 8.32 Å². The molecule has 1 fully saturated rings. The first kappa shape index (κ1) is 19.1. The summed E-state index contributed by atoms with van der Waals surface area (Å²) in [6, 6.07) is 3.21. The van der Waals surface area contributed by atoms with Gasteiger partial charge in [0.2, 0.25) is 8.32 Å². The molecule has 0 spiro atoms. The van der Waals surface area contributed by atoms with Gasteiger partial charge in [-0.05, 0) is 51.2 Å². The third kappa shape index (κ3) is 4.52. The number of hydrogen-bond donors (Lipinski definition) is 1. The Balaban J connectivity index is 2.68. The van der Waals surface area contributed by atoms with Crippen LogP contribution in [-0.4, -0.2) is 31.9 Å². The maximum absolute atomic E-state index is 10.2. The molecule has 0 aromatic carbocycles. The SMILES string of the molecule is CC[C@@]1(CC(C)(C)OO[Si](CC)(CC)CC)CCO[C@@H]1O. The molecule has 0 aromatic heterocycles. The van der Waals surface area contributed by atoms with Gasteiger partial charge in [0.1, 0.15) is 0 Å². The van der Waals surface area contributed by atoms with E-state index in [0.717, 1.165) is 37.4 Å². The van der Waals surface area contributed by atoms with Crippen molar-refractivity contribution in [2.45, 2.75) is 90.8 Å². The molecule has 1 aliphatic heterocycles. The first-order valence-electron chi connectivity index (χ1n) is 8.45. The fourth-order valence-corrected chi connectivity index (χ4v) is 5.59. The molecule has 4 nitrogen and oxygen atoms in total. The van der Waals surface area contributed by atoms with Crippen LogP contribution >= 0.6 is 0 Å². The Kier molecular flexibility index (Phi) is 6.87. The van der Waals surface area contributed by atoms with Gasteiger partial charge in [0, 0.05) is 5.41 Å². The van der Waals surface area contributed by atoms with Gasteiger partial charge in [0.25, 0.3) is 0 Å². The van der Waals surface area contributed by atoms with Crippen molar-refractivity contribution in [3.63, 3.8) is 0 Å². The lowest BCUT2D eigenvalue weighted by Crippen LogP contribution is -2.43. The smallest absolute Gasteiger partial charge is 0.238 e. The number of ether oxygens (including phenoxy) is 1. The van der Waals surface area contributed by atoms with Gasteiger partial charge < -0.3 is 9.84 Å². The van der Waals surface area contributed by atoms with Crippen LogP contribution in [0.15, 0.2) is 0 Å². The van der Waals surface area contributed by atoms with Crippen molar-refractivity contribution in [2.24, 2.45) is 5.41 Å². The lowest BCUT2D eigenvalue weighted by Gasteiger charge is -2.39. The fourth-order valence-electron chi connectivity index (χ4n) is 3.33.